The van der Waals surface area contributed by atoms with Gasteiger partial charge in [-0.15, -0.1) is 0 Å². The highest BCUT2D eigenvalue weighted by molar-refractivity contribution is 5.90. The van der Waals surface area contributed by atoms with Crippen LogP contribution >= 0.6 is 0 Å². The van der Waals surface area contributed by atoms with E-state index in [4.69, 9.17) is 0 Å². The van der Waals surface area contributed by atoms with Gasteiger partial charge in [-0.1, -0.05) is 6.08 Å². The largest absolute Gasteiger partial charge is 0.355 e. The summed E-state index contributed by atoms with van der Waals surface area (Å²) in [5.41, 5.74) is 0. The number of allylic oxidation sites excluding steroid dienone is 2. The molecular weight excluding hydrogens is 220 g/mol. The first-order valence-corrected chi connectivity index (χ1v) is 5.79. The molecule has 2 amide bonds. The van der Waals surface area contributed by atoms with Crippen LogP contribution < -0.4 is 10.6 Å². The molecule has 0 aliphatic heterocycles. The van der Waals surface area contributed by atoms with Crippen molar-refractivity contribution in [3.63, 3.8) is 0 Å². The second-order valence-electron chi connectivity index (χ2n) is 3.55. The predicted molar refractivity (Wildman–Crippen MR) is 65.4 cm³/mol. The van der Waals surface area contributed by atoms with Gasteiger partial charge < -0.3 is 10.6 Å². The molecule has 2 N–H and O–H groups in total. The number of amides is 2. The number of carbonyl (C=O) groups excluding carboxylic acids is 3. The third kappa shape index (κ3) is 9.29. The molecule has 17 heavy (non-hydrogen) atoms. The first kappa shape index (κ1) is 15.3. The number of ketones is 1. The molecule has 0 saturated heterocycles. The number of hydrogen-bond donors (Lipinski definition) is 2. The van der Waals surface area contributed by atoms with E-state index in [0.29, 0.717) is 19.4 Å². The van der Waals surface area contributed by atoms with Crippen molar-refractivity contribution in [2.45, 2.75) is 33.1 Å². The van der Waals surface area contributed by atoms with Crippen LogP contribution in [0.5, 0.6) is 0 Å². The van der Waals surface area contributed by atoms with Crippen LogP contribution in [0.1, 0.15) is 33.1 Å². The molecular formula is C12H20N2O3. The second kappa shape index (κ2) is 9.57. The van der Waals surface area contributed by atoms with Crippen LogP contribution in [0.25, 0.3) is 0 Å². The first-order valence-electron chi connectivity index (χ1n) is 5.79. The standard InChI is InChI=1S/C12H20N2O3/c1-3-6-10(15)7-5-8-11(16)14-9-12(17)13-4-2/h3,6H,4-5,7-9H2,1-2H3,(H,13,17)(H,14,16)/b6-3+. The van der Waals surface area contributed by atoms with E-state index >= 15 is 0 Å². The molecule has 0 saturated carbocycles. The Labute approximate surface area is 102 Å². The van der Waals surface area contributed by atoms with Gasteiger partial charge in [-0.25, -0.2) is 0 Å². The third-order valence-corrected chi connectivity index (χ3v) is 2.00. The maximum Gasteiger partial charge on any atom is 0.239 e. The minimum absolute atomic E-state index is 0.00448. The van der Waals surface area contributed by atoms with Gasteiger partial charge in [-0.05, 0) is 26.3 Å². The number of likely N-dealkylation sites (N-methyl/N-ethyl adjacent to an activating group) is 1. The Morgan fingerprint density at radius 1 is 1.06 bits per heavy atom. The monoisotopic (exact) mass is 240 g/mol. The Bertz CT molecular complexity index is 298. The van der Waals surface area contributed by atoms with Crippen LogP contribution in [0.4, 0.5) is 0 Å². The fraction of sp³-hybridized carbons (Fsp3) is 0.583. The molecule has 96 valence electrons. The summed E-state index contributed by atoms with van der Waals surface area (Å²) in [7, 11) is 0. The Morgan fingerprint density at radius 3 is 2.35 bits per heavy atom. The van der Waals surface area contributed by atoms with Crippen LogP contribution in [-0.4, -0.2) is 30.7 Å². The first-order chi connectivity index (χ1) is 8.10. The topological polar surface area (TPSA) is 75.3 Å². The molecule has 0 bridgehead atoms. The molecule has 0 unspecified atom stereocenters. The molecule has 0 fully saturated rings. The molecule has 0 atom stereocenters. The summed E-state index contributed by atoms with van der Waals surface area (Å²) in [4.78, 5) is 33.4. The molecule has 0 aliphatic carbocycles. The molecule has 0 spiro atoms. The van der Waals surface area contributed by atoms with Crippen LogP contribution in [0.2, 0.25) is 0 Å². The van der Waals surface area contributed by atoms with Gasteiger partial charge in [0, 0.05) is 19.4 Å². The predicted octanol–water partition coefficient (Wildman–Crippen LogP) is 0.554. The maximum atomic E-state index is 11.3. The van der Waals surface area contributed by atoms with Crippen molar-refractivity contribution >= 4 is 17.6 Å². The average molecular weight is 240 g/mol. The molecule has 0 aromatic carbocycles. The Balaban J connectivity index is 3.60. The Kier molecular flexibility index (Phi) is 8.64. The van der Waals surface area contributed by atoms with E-state index in [-0.39, 0.29) is 30.6 Å². The van der Waals surface area contributed by atoms with Gasteiger partial charge in [0.15, 0.2) is 5.78 Å². The van der Waals surface area contributed by atoms with Crippen molar-refractivity contribution in [3.05, 3.63) is 12.2 Å². The summed E-state index contributed by atoms with van der Waals surface area (Å²) in [5.74, 6) is -0.389. The van der Waals surface area contributed by atoms with Crippen LogP contribution in [-0.2, 0) is 14.4 Å². The van der Waals surface area contributed by atoms with Crippen molar-refractivity contribution in [1.29, 1.82) is 0 Å². The van der Waals surface area contributed by atoms with Crippen molar-refractivity contribution in [1.82, 2.24) is 10.6 Å². The molecule has 0 radical (unpaired) electrons. The number of carbonyl (C=O) groups is 3. The van der Waals surface area contributed by atoms with E-state index in [9.17, 15) is 14.4 Å². The zero-order valence-corrected chi connectivity index (χ0v) is 10.4. The van der Waals surface area contributed by atoms with Crippen LogP contribution in [0, 0.1) is 0 Å². The normalized spacial score (nSPS) is 10.2. The fourth-order valence-corrected chi connectivity index (χ4v) is 1.22. The van der Waals surface area contributed by atoms with Crippen LogP contribution in [0.15, 0.2) is 12.2 Å². The lowest BCUT2D eigenvalue weighted by Crippen LogP contribution is -2.36. The molecule has 0 heterocycles. The lowest BCUT2D eigenvalue weighted by atomic mass is 10.1. The molecule has 5 nitrogen and oxygen atoms in total. The number of hydrogen-bond acceptors (Lipinski definition) is 3. The van der Waals surface area contributed by atoms with Crippen molar-refractivity contribution in [2.24, 2.45) is 0 Å². The molecule has 0 aliphatic rings. The van der Waals surface area contributed by atoms with Gasteiger partial charge in [-0.2, -0.15) is 0 Å². The molecule has 0 rings (SSSR count). The van der Waals surface area contributed by atoms with Gasteiger partial charge in [0.05, 0.1) is 6.54 Å². The van der Waals surface area contributed by atoms with E-state index in [1.165, 1.54) is 6.08 Å². The van der Waals surface area contributed by atoms with Crippen molar-refractivity contribution in [2.75, 3.05) is 13.1 Å². The van der Waals surface area contributed by atoms with E-state index in [2.05, 4.69) is 10.6 Å². The van der Waals surface area contributed by atoms with E-state index in [1.54, 1.807) is 13.0 Å². The summed E-state index contributed by atoms with van der Waals surface area (Å²) >= 11 is 0. The molecule has 5 heteroatoms. The quantitative estimate of drug-likeness (QED) is 0.608. The summed E-state index contributed by atoms with van der Waals surface area (Å²) in [6.45, 7) is 4.13. The van der Waals surface area contributed by atoms with Crippen molar-refractivity contribution < 1.29 is 14.4 Å². The minimum Gasteiger partial charge on any atom is -0.355 e. The highest BCUT2D eigenvalue weighted by Gasteiger charge is 2.05. The highest BCUT2D eigenvalue weighted by atomic mass is 16.2. The Hall–Kier alpha value is -1.65. The summed E-state index contributed by atoms with van der Waals surface area (Å²) in [6.07, 6.45) is 4.30. The molecule has 0 aromatic rings. The second-order valence-corrected chi connectivity index (χ2v) is 3.55. The van der Waals surface area contributed by atoms with Gasteiger partial charge in [0.1, 0.15) is 0 Å². The van der Waals surface area contributed by atoms with Gasteiger partial charge in [0.2, 0.25) is 11.8 Å². The van der Waals surface area contributed by atoms with E-state index < -0.39 is 0 Å². The lowest BCUT2D eigenvalue weighted by Gasteiger charge is -2.04. The Morgan fingerprint density at radius 2 is 1.76 bits per heavy atom. The van der Waals surface area contributed by atoms with Gasteiger partial charge >= 0.3 is 0 Å². The van der Waals surface area contributed by atoms with Crippen LogP contribution in [0.3, 0.4) is 0 Å². The smallest absolute Gasteiger partial charge is 0.239 e. The molecule has 0 aromatic heterocycles. The zero-order valence-electron chi connectivity index (χ0n) is 10.4. The number of nitrogens with one attached hydrogen (secondary N) is 2. The average Bonchev–Trinajstić information content (AvgIpc) is 2.27. The fourth-order valence-electron chi connectivity index (χ4n) is 1.22. The summed E-state index contributed by atoms with van der Waals surface area (Å²) < 4.78 is 0. The summed E-state index contributed by atoms with van der Waals surface area (Å²) in [5, 5.41) is 5.07. The third-order valence-electron chi connectivity index (χ3n) is 2.00. The number of rotatable bonds is 8. The van der Waals surface area contributed by atoms with Gasteiger partial charge in [-0.3, -0.25) is 14.4 Å². The SMILES string of the molecule is C/C=C/C(=O)CCCC(=O)NCC(=O)NCC. The van der Waals surface area contributed by atoms with Gasteiger partial charge in [0.25, 0.3) is 0 Å². The summed E-state index contributed by atoms with van der Waals surface area (Å²) in [6, 6.07) is 0. The van der Waals surface area contributed by atoms with E-state index in [1.807, 2.05) is 6.92 Å². The highest BCUT2D eigenvalue weighted by Crippen LogP contribution is 1.97. The van der Waals surface area contributed by atoms with Crippen molar-refractivity contribution in [3.8, 4) is 0 Å². The zero-order chi connectivity index (χ0) is 13.1. The lowest BCUT2D eigenvalue weighted by molar-refractivity contribution is -0.126. The van der Waals surface area contributed by atoms with E-state index in [0.717, 1.165) is 0 Å². The minimum atomic E-state index is -0.204. The maximum absolute atomic E-state index is 11.3.